The van der Waals surface area contributed by atoms with Gasteiger partial charge in [-0.15, -0.1) is 0 Å². The van der Waals surface area contributed by atoms with Crippen molar-refractivity contribution < 1.29 is 4.39 Å². The Morgan fingerprint density at radius 1 is 1.56 bits per heavy atom. The number of nitrogens with zero attached hydrogens (tertiary/aromatic N) is 4. The summed E-state index contributed by atoms with van der Waals surface area (Å²) < 4.78 is 13.2. The topological polar surface area (TPSA) is 72.5 Å². The molecule has 0 heterocycles. The molecule has 0 spiro atoms. The predicted molar refractivity (Wildman–Crippen MR) is 58.8 cm³/mol. The van der Waals surface area contributed by atoms with Crippen LogP contribution >= 0.6 is 0 Å². The summed E-state index contributed by atoms with van der Waals surface area (Å²) in [6.07, 6.45) is 4.11. The Hall–Kier alpha value is -2.31. The summed E-state index contributed by atoms with van der Waals surface area (Å²) in [5.74, 6) is -0.528. The van der Waals surface area contributed by atoms with Crippen molar-refractivity contribution in [1.29, 1.82) is 5.26 Å². The number of azide groups is 1. The molecule has 0 aliphatic rings. The van der Waals surface area contributed by atoms with Crippen LogP contribution in [0.1, 0.15) is 17.5 Å². The summed E-state index contributed by atoms with van der Waals surface area (Å²) in [6.45, 7) is 0.381. The average molecular weight is 216 g/mol. The molecular formula is C11H9FN4. The molecule has 0 unspecified atom stereocenters. The zero-order valence-electron chi connectivity index (χ0n) is 8.47. The summed E-state index contributed by atoms with van der Waals surface area (Å²) >= 11 is 0. The maximum Gasteiger partial charge on any atom is 0.141 e. The molecule has 0 radical (unpaired) electrons. The lowest BCUT2D eigenvalue weighted by atomic mass is 10.1. The molecule has 0 aliphatic heterocycles. The van der Waals surface area contributed by atoms with Gasteiger partial charge in [0.2, 0.25) is 0 Å². The molecule has 1 aromatic rings. The van der Waals surface area contributed by atoms with E-state index >= 15 is 0 Å². The van der Waals surface area contributed by atoms with Crippen molar-refractivity contribution in [3.63, 3.8) is 0 Å². The molecule has 1 rings (SSSR count). The second-order valence-electron chi connectivity index (χ2n) is 3.00. The summed E-state index contributed by atoms with van der Waals surface area (Å²) in [4.78, 5) is 2.61. The minimum Gasteiger partial charge on any atom is -0.206 e. The van der Waals surface area contributed by atoms with Crippen LogP contribution in [0.25, 0.3) is 16.5 Å². The SMILES string of the molecule is N#Cc1ccc(C=CCCN=[N+]=[N-])cc1F. The van der Waals surface area contributed by atoms with E-state index in [1.54, 1.807) is 24.3 Å². The smallest absolute Gasteiger partial charge is 0.141 e. The zero-order chi connectivity index (χ0) is 11.8. The first-order valence-corrected chi connectivity index (χ1v) is 4.65. The minimum atomic E-state index is -0.528. The van der Waals surface area contributed by atoms with E-state index in [0.717, 1.165) is 0 Å². The monoisotopic (exact) mass is 216 g/mol. The van der Waals surface area contributed by atoms with Gasteiger partial charge < -0.3 is 0 Å². The van der Waals surface area contributed by atoms with Gasteiger partial charge in [0.15, 0.2) is 0 Å². The van der Waals surface area contributed by atoms with Crippen molar-refractivity contribution in [1.82, 2.24) is 0 Å². The van der Waals surface area contributed by atoms with Gasteiger partial charge >= 0.3 is 0 Å². The molecule has 16 heavy (non-hydrogen) atoms. The molecule has 0 amide bonds. The zero-order valence-corrected chi connectivity index (χ0v) is 8.47. The minimum absolute atomic E-state index is 0.0335. The van der Waals surface area contributed by atoms with Crippen molar-refractivity contribution in [3.8, 4) is 6.07 Å². The van der Waals surface area contributed by atoms with Crippen LogP contribution in [-0.2, 0) is 0 Å². The van der Waals surface area contributed by atoms with Crippen LogP contribution < -0.4 is 0 Å². The Labute approximate surface area is 92.3 Å². The molecule has 80 valence electrons. The van der Waals surface area contributed by atoms with Crippen molar-refractivity contribution in [3.05, 3.63) is 51.7 Å². The molecule has 1 aromatic carbocycles. The molecule has 0 saturated heterocycles. The summed E-state index contributed by atoms with van der Waals surface area (Å²) in [6, 6.07) is 6.14. The van der Waals surface area contributed by atoms with Gasteiger partial charge in [-0.05, 0) is 29.6 Å². The number of rotatable bonds is 4. The highest BCUT2D eigenvalue weighted by Gasteiger charge is 1.99. The predicted octanol–water partition coefficient (Wildman–Crippen LogP) is 3.41. The Balaban J connectivity index is 2.65. The first kappa shape index (κ1) is 11.8. The van der Waals surface area contributed by atoms with Crippen LogP contribution in [-0.4, -0.2) is 6.54 Å². The lowest BCUT2D eigenvalue weighted by Crippen LogP contribution is -1.84. The van der Waals surface area contributed by atoms with Gasteiger partial charge in [0, 0.05) is 11.5 Å². The van der Waals surface area contributed by atoms with Gasteiger partial charge in [0.05, 0.1) is 5.56 Å². The maximum absolute atomic E-state index is 13.2. The Kier molecular flexibility index (Phi) is 4.58. The van der Waals surface area contributed by atoms with Crippen LogP contribution in [0, 0.1) is 17.1 Å². The van der Waals surface area contributed by atoms with Crippen molar-refractivity contribution in [2.75, 3.05) is 6.54 Å². The Bertz CT molecular complexity index is 481. The van der Waals surface area contributed by atoms with Gasteiger partial charge in [-0.3, -0.25) is 0 Å². The molecule has 0 saturated carbocycles. The van der Waals surface area contributed by atoms with Gasteiger partial charge in [-0.2, -0.15) is 5.26 Å². The third-order valence-electron chi connectivity index (χ3n) is 1.88. The van der Waals surface area contributed by atoms with Crippen LogP contribution in [0.4, 0.5) is 4.39 Å². The number of hydrogen-bond donors (Lipinski definition) is 0. The van der Waals surface area contributed by atoms with E-state index in [2.05, 4.69) is 10.0 Å². The van der Waals surface area contributed by atoms with E-state index in [9.17, 15) is 4.39 Å². The fourth-order valence-electron chi connectivity index (χ4n) is 1.12. The third kappa shape index (κ3) is 3.45. The second-order valence-corrected chi connectivity index (χ2v) is 3.00. The van der Waals surface area contributed by atoms with Crippen LogP contribution in [0.5, 0.6) is 0 Å². The summed E-state index contributed by atoms with van der Waals surface area (Å²) in [5, 5.41) is 11.9. The van der Waals surface area contributed by atoms with E-state index < -0.39 is 5.82 Å². The first-order chi connectivity index (χ1) is 7.77. The molecular weight excluding hydrogens is 207 g/mol. The summed E-state index contributed by atoms with van der Waals surface area (Å²) in [7, 11) is 0. The van der Waals surface area contributed by atoms with E-state index in [0.29, 0.717) is 18.5 Å². The fraction of sp³-hybridized carbons (Fsp3) is 0.182. The number of hydrogen-bond acceptors (Lipinski definition) is 2. The number of nitriles is 1. The van der Waals surface area contributed by atoms with Gasteiger partial charge in [-0.25, -0.2) is 4.39 Å². The second kappa shape index (κ2) is 6.23. The fourth-order valence-corrected chi connectivity index (χ4v) is 1.12. The Morgan fingerprint density at radius 3 is 3.00 bits per heavy atom. The third-order valence-corrected chi connectivity index (χ3v) is 1.88. The van der Waals surface area contributed by atoms with Crippen molar-refractivity contribution >= 4 is 6.08 Å². The lowest BCUT2D eigenvalue weighted by molar-refractivity contribution is 0.623. The molecule has 5 heteroatoms. The van der Waals surface area contributed by atoms with Gasteiger partial charge in [-0.1, -0.05) is 23.3 Å². The van der Waals surface area contributed by atoms with Gasteiger partial charge in [0.25, 0.3) is 0 Å². The van der Waals surface area contributed by atoms with E-state index in [1.807, 2.05) is 0 Å². The van der Waals surface area contributed by atoms with Crippen molar-refractivity contribution in [2.24, 2.45) is 5.11 Å². The highest BCUT2D eigenvalue weighted by molar-refractivity contribution is 5.51. The molecule has 0 aliphatic carbocycles. The maximum atomic E-state index is 13.2. The quantitative estimate of drug-likeness (QED) is 0.329. The molecule has 0 fully saturated rings. The molecule has 0 bridgehead atoms. The summed E-state index contributed by atoms with van der Waals surface area (Å²) in [5.41, 5.74) is 8.74. The number of benzene rings is 1. The average Bonchev–Trinajstić information content (AvgIpc) is 2.29. The molecule has 0 N–H and O–H groups in total. The normalized spacial score (nSPS) is 9.75. The van der Waals surface area contributed by atoms with Gasteiger partial charge in [0.1, 0.15) is 11.9 Å². The standard InChI is InChI=1S/C11H9FN4/c12-11-7-9(4-5-10(11)8-13)3-1-2-6-15-16-14/h1,3-5,7H,2,6H2. The van der Waals surface area contributed by atoms with Crippen LogP contribution in [0.3, 0.4) is 0 Å². The Morgan fingerprint density at radius 2 is 2.38 bits per heavy atom. The first-order valence-electron chi connectivity index (χ1n) is 4.65. The van der Waals surface area contributed by atoms with Crippen molar-refractivity contribution in [2.45, 2.75) is 6.42 Å². The molecule has 0 atom stereocenters. The van der Waals surface area contributed by atoms with E-state index in [1.165, 1.54) is 12.1 Å². The largest absolute Gasteiger partial charge is 0.206 e. The molecule has 0 aromatic heterocycles. The van der Waals surface area contributed by atoms with E-state index in [4.69, 9.17) is 10.8 Å². The highest BCUT2D eigenvalue weighted by Crippen LogP contribution is 2.10. The van der Waals surface area contributed by atoms with Crippen LogP contribution in [0.2, 0.25) is 0 Å². The number of halogens is 1. The van der Waals surface area contributed by atoms with Crippen LogP contribution in [0.15, 0.2) is 29.4 Å². The lowest BCUT2D eigenvalue weighted by Gasteiger charge is -1.95. The molecule has 4 nitrogen and oxygen atoms in total. The van der Waals surface area contributed by atoms with E-state index in [-0.39, 0.29) is 5.56 Å². The highest BCUT2D eigenvalue weighted by atomic mass is 19.1.